The van der Waals surface area contributed by atoms with Gasteiger partial charge in [-0.2, -0.15) is 0 Å². The number of benzene rings is 1. The average Bonchev–Trinajstić information content (AvgIpc) is 2.98. The number of hydrogen-bond acceptors (Lipinski definition) is 6. The predicted octanol–water partition coefficient (Wildman–Crippen LogP) is 2.28. The van der Waals surface area contributed by atoms with Crippen molar-refractivity contribution in [2.75, 3.05) is 20.3 Å². The first-order valence-corrected chi connectivity index (χ1v) is 9.47. The van der Waals surface area contributed by atoms with Gasteiger partial charge in [0.1, 0.15) is 5.57 Å². The van der Waals surface area contributed by atoms with Crippen LogP contribution in [0.2, 0.25) is 0 Å². The van der Waals surface area contributed by atoms with E-state index < -0.39 is 16.7 Å². The van der Waals surface area contributed by atoms with Gasteiger partial charge in [0.2, 0.25) is 0 Å². The molecule has 0 unspecified atom stereocenters. The second kappa shape index (κ2) is 8.56. The zero-order valence-electron chi connectivity index (χ0n) is 16.7. The monoisotopic (exact) mass is 428 g/mol. The van der Waals surface area contributed by atoms with E-state index in [1.165, 1.54) is 30.2 Å². The van der Waals surface area contributed by atoms with Gasteiger partial charge in [-0.15, -0.1) is 0 Å². The molecule has 0 saturated carbocycles. The Morgan fingerprint density at radius 3 is 2.67 bits per heavy atom. The zero-order valence-corrected chi connectivity index (χ0v) is 17.5. The Morgan fingerprint density at radius 1 is 1.27 bits per heavy atom. The molecule has 9 nitrogen and oxygen atoms in total. The lowest BCUT2D eigenvalue weighted by atomic mass is 10.1. The van der Waals surface area contributed by atoms with Crippen molar-refractivity contribution in [3.8, 4) is 5.69 Å². The summed E-state index contributed by atoms with van der Waals surface area (Å²) in [5.41, 5.74) is 2.74. The van der Waals surface area contributed by atoms with Crippen LogP contribution in [0.15, 0.2) is 35.9 Å². The first-order chi connectivity index (χ1) is 14.2. The Balaban J connectivity index is 2.02. The van der Waals surface area contributed by atoms with E-state index in [-0.39, 0.29) is 29.5 Å². The fourth-order valence-corrected chi connectivity index (χ4v) is 3.58. The summed E-state index contributed by atoms with van der Waals surface area (Å²) in [7, 11) is 1.51. The summed E-state index contributed by atoms with van der Waals surface area (Å²) in [6.45, 7) is 4.15. The van der Waals surface area contributed by atoms with Crippen molar-refractivity contribution in [2.24, 2.45) is 0 Å². The number of non-ortho nitro benzene ring substituents is 1. The highest BCUT2D eigenvalue weighted by Gasteiger charge is 2.33. The van der Waals surface area contributed by atoms with E-state index in [2.05, 4.69) is 5.32 Å². The number of nitrogens with zero attached hydrogens (tertiary/aromatic N) is 3. The molecule has 0 atom stereocenters. The molecule has 0 bridgehead atoms. The van der Waals surface area contributed by atoms with Gasteiger partial charge >= 0.3 is 0 Å². The standard InChI is InChI=1S/C20H20N4O5S/c1-12-9-14(13(2)23(12)15-5-4-6-16(11-15)24(27)28)10-17-18(25)21-20(30)22(19(17)26)7-8-29-3/h4-6,9-11H,7-8H2,1-3H3,(H,21,25,30). The maximum Gasteiger partial charge on any atom is 0.271 e. The number of nitro benzene ring substituents is 1. The first-order valence-electron chi connectivity index (χ1n) is 9.06. The highest BCUT2D eigenvalue weighted by Crippen LogP contribution is 2.26. The molecule has 0 radical (unpaired) electrons. The van der Waals surface area contributed by atoms with Crippen LogP contribution in [0.3, 0.4) is 0 Å². The van der Waals surface area contributed by atoms with Crippen LogP contribution < -0.4 is 5.32 Å². The molecular formula is C20H20N4O5S. The number of ether oxygens (including phenoxy) is 1. The van der Waals surface area contributed by atoms with Crippen molar-refractivity contribution in [3.05, 3.63) is 63.0 Å². The second-order valence-electron chi connectivity index (χ2n) is 6.71. The second-order valence-corrected chi connectivity index (χ2v) is 7.09. The minimum atomic E-state index is -0.571. The lowest BCUT2D eigenvalue weighted by Crippen LogP contribution is -2.54. The SMILES string of the molecule is COCCN1C(=O)C(=Cc2cc(C)n(-c3cccc([N+](=O)[O-])c3)c2C)C(=O)NC1=S. The van der Waals surface area contributed by atoms with Gasteiger partial charge in [0.05, 0.1) is 23.8 Å². The molecule has 3 rings (SSSR count). The molecule has 0 aliphatic carbocycles. The number of rotatable bonds is 6. The van der Waals surface area contributed by atoms with E-state index in [1.54, 1.807) is 12.1 Å². The molecule has 1 aliphatic heterocycles. The molecule has 1 aliphatic rings. The predicted molar refractivity (Wildman–Crippen MR) is 114 cm³/mol. The molecule has 2 heterocycles. The number of aromatic nitrogens is 1. The van der Waals surface area contributed by atoms with Gasteiger partial charge in [-0.3, -0.25) is 29.9 Å². The summed E-state index contributed by atoms with van der Waals surface area (Å²) in [6.07, 6.45) is 1.51. The van der Waals surface area contributed by atoms with Crippen LogP contribution in [0.25, 0.3) is 11.8 Å². The molecule has 2 amide bonds. The van der Waals surface area contributed by atoms with Gasteiger partial charge in [-0.1, -0.05) is 6.07 Å². The van der Waals surface area contributed by atoms with Crippen LogP contribution in [0.5, 0.6) is 0 Å². The van der Waals surface area contributed by atoms with E-state index in [1.807, 2.05) is 24.5 Å². The fourth-order valence-electron chi connectivity index (χ4n) is 3.31. The highest BCUT2D eigenvalue weighted by molar-refractivity contribution is 7.80. The van der Waals surface area contributed by atoms with Gasteiger partial charge in [0.15, 0.2) is 5.11 Å². The molecule has 1 saturated heterocycles. The third-order valence-corrected chi connectivity index (χ3v) is 5.10. The topological polar surface area (TPSA) is 107 Å². The van der Waals surface area contributed by atoms with Crippen LogP contribution in [0.4, 0.5) is 5.69 Å². The minimum Gasteiger partial charge on any atom is -0.383 e. The van der Waals surface area contributed by atoms with Crippen molar-refractivity contribution < 1.29 is 19.2 Å². The van der Waals surface area contributed by atoms with Crippen LogP contribution in [-0.4, -0.2) is 51.6 Å². The molecule has 1 aromatic heterocycles. The van der Waals surface area contributed by atoms with E-state index in [4.69, 9.17) is 17.0 Å². The smallest absolute Gasteiger partial charge is 0.271 e. The van der Waals surface area contributed by atoms with Gasteiger partial charge in [0, 0.05) is 30.6 Å². The maximum atomic E-state index is 12.8. The molecule has 0 spiro atoms. The Bertz CT molecular complexity index is 1090. The number of carbonyl (C=O) groups excluding carboxylic acids is 2. The van der Waals surface area contributed by atoms with Crippen LogP contribution in [0, 0.1) is 24.0 Å². The highest BCUT2D eigenvalue weighted by atomic mass is 32.1. The van der Waals surface area contributed by atoms with Gasteiger partial charge < -0.3 is 9.30 Å². The number of thiocarbonyl (C=S) groups is 1. The summed E-state index contributed by atoms with van der Waals surface area (Å²) in [5, 5.41) is 13.7. The fraction of sp³-hybridized carbons (Fsp3) is 0.250. The third kappa shape index (κ3) is 4.00. The summed E-state index contributed by atoms with van der Waals surface area (Å²) < 4.78 is 6.83. The summed E-state index contributed by atoms with van der Waals surface area (Å²) in [6, 6.07) is 8.07. The minimum absolute atomic E-state index is 0.0240. The molecule has 1 fully saturated rings. The summed E-state index contributed by atoms with van der Waals surface area (Å²) in [4.78, 5) is 37.2. The van der Waals surface area contributed by atoms with Crippen molar-refractivity contribution >= 4 is 40.9 Å². The average molecular weight is 428 g/mol. The molecule has 2 aromatic rings. The third-order valence-electron chi connectivity index (χ3n) is 4.77. The van der Waals surface area contributed by atoms with Crippen molar-refractivity contribution in [1.29, 1.82) is 0 Å². The summed E-state index contributed by atoms with van der Waals surface area (Å²) in [5.74, 6) is -1.07. The van der Waals surface area contributed by atoms with Crippen molar-refractivity contribution in [1.82, 2.24) is 14.8 Å². The summed E-state index contributed by atoms with van der Waals surface area (Å²) >= 11 is 5.09. The van der Waals surface area contributed by atoms with Gasteiger partial charge in [-0.05, 0) is 49.8 Å². The number of nitro groups is 1. The molecular weight excluding hydrogens is 408 g/mol. The van der Waals surface area contributed by atoms with Crippen LogP contribution >= 0.6 is 12.2 Å². The number of hydrogen-bond donors (Lipinski definition) is 1. The van der Waals surface area contributed by atoms with Gasteiger partial charge in [0.25, 0.3) is 17.5 Å². The Hall–Kier alpha value is -3.37. The number of amides is 2. The molecule has 30 heavy (non-hydrogen) atoms. The molecule has 156 valence electrons. The van der Waals surface area contributed by atoms with Crippen molar-refractivity contribution in [2.45, 2.75) is 13.8 Å². The van der Waals surface area contributed by atoms with Crippen molar-refractivity contribution in [3.63, 3.8) is 0 Å². The van der Waals surface area contributed by atoms with E-state index in [0.29, 0.717) is 11.3 Å². The number of methoxy groups -OCH3 is 1. The largest absolute Gasteiger partial charge is 0.383 e. The Morgan fingerprint density at radius 2 is 2.00 bits per heavy atom. The van der Waals surface area contributed by atoms with E-state index in [0.717, 1.165) is 11.4 Å². The maximum absolute atomic E-state index is 12.8. The van der Waals surface area contributed by atoms with Gasteiger partial charge in [-0.25, -0.2) is 0 Å². The number of carbonyl (C=O) groups is 2. The van der Waals surface area contributed by atoms with Crippen LogP contribution in [-0.2, 0) is 14.3 Å². The molecule has 10 heteroatoms. The number of nitrogens with one attached hydrogen (secondary N) is 1. The zero-order chi connectivity index (χ0) is 22.0. The van der Waals surface area contributed by atoms with E-state index >= 15 is 0 Å². The van der Waals surface area contributed by atoms with E-state index in [9.17, 15) is 19.7 Å². The first kappa shape index (κ1) is 21.3. The molecule has 1 N–H and O–H groups in total. The van der Waals surface area contributed by atoms with Crippen LogP contribution in [0.1, 0.15) is 17.0 Å². The Kier molecular flexibility index (Phi) is 6.09. The lowest BCUT2D eigenvalue weighted by molar-refractivity contribution is -0.384. The Labute approximate surface area is 178 Å². The lowest BCUT2D eigenvalue weighted by Gasteiger charge is -2.28. The normalized spacial score (nSPS) is 15.6. The quantitative estimate of drug-likeness (QED) is 0.249. The number of aryl methyl sites for hydroxylation is 1. The molecule has 1 aromatic carbocycles.